The summed E-state index contributed by atoms with van der Waals surface area (Å²) in [6.45, 7) is 9.32. The normalized spacial score (nSPS) is 10.7. The van der Waals surface area contributed by atoms with Crippen LogP contribution in [0.5, 0.6) is 0 Å². The van der Waals surface area contributed by atoms with E-state index >= 15 is 0 Å². The first-order chi connectivity index (χ1) is 9.56. The average Bonchev–Trinajstić information content (AvgIpc) is 2.42. The van der Waals surface area contributed by atoms with Crippen LogP contribution in [0.3, 0.4) is 0 Å². The number of aryl methyl sites for hydroxylation is 1. The minimum Gasteiger partial charge on any atom is -0.368 e. The zero-order valence-electron chi connectivity index (χ0n) is 12.4. The second-order valence-corrected chi connectivity index (χ2v) is 5.31. The van der Waals surface area contributed by atoms with Gasteiger partial charge in [0.2, 0.25) is 5.95 Å². The summed E-state index contributed by atoms with van der Waals surface area (Å²) < 4.78 is 0. The molecule has 0 saturated carbocycles. The fourth-order valence-electron chi connectivity index (χ4n) is 1.76. The van der Waals surface area contributed by atoms with Gasteiger partial charge in [-0.25, -0.2) is 0 Å². The van der Waals surface area contributed by atoms with E-state index in [1.807, 2.05) is 12.1 Å². The minimum atomic E-state index is 0.507. The van der Waals surface area contributed by atoms with E-state index in [-0.39, 0.29) is 0 Å². The molecule has 0 aliphatic heterocycles. The molecular weight excluding hydrogens is 250 g/mol. The van der Waals surface area contributed by atoms with E-state index in [0.717, 1.165) is 18.1 Å². The van der Waals surface area contributed by atoms with Crippen LogP contribution in [0.25, 0.3) is 0 Å². The Bertz CT molecular complexity index is 580. The molecule has 0 radical (unpaired) electrons. The van der Waals surface area contributed by atoms with Crippen LogP contribution in [0.4, 0.5) is 17.5 Å². The molecule has 1 heterocycles. The van der Waals surface area contributed by atoms with Crippen molar-refractivity contribution < 1.29 is 0 Å². The Labute approximate surface area is 119 Å². The van der Waals surface area contributed by atoms with Crippen molar-refractivity contribution in [3.8, 4) is 0 Å². The van der Waals surface area contributed by atoms with Crippen molar-refractivity contribution in [2.75, 3.05) is 17.2 Å². The second kappa shape index (κ2) is 6.32. The Morgan fingerprint density at radius 1 is 1.20 bits per heavy atom. The fraction of sp³-hybridized carbons (Fsp3) is 0.400. The SMILES string of the molecule is Cc1cccc(Nc2nncc(NCC(C)C)n2)c1C. The minimum absolute atomic E-state index is 0.507. The topological polar surface area (TPSA) is 62.7 Å². The molecule has 0 atom stereocenters. The Kier molecular flexibility index (Phi) is 4.50. The van der Waals surface area contributed by atoms with E-state index in [4.69, 9.17) is 0 Å². The summed E-state index contributed by atoms with van der Waals surface area (Å²) >= 11 is 0. The van der Waals surface area contributed by atoms with Gasteiger partial charge >= 0.3 is 0 Å². The van der Waals surface area contributed by atoms with Gasteiger partial charge in [-0.1, -0.05) is 26.0 Å². The highest BCUT2D eigenvalue weighted by atomic mass is 15.3. The van der Waals surface area contributed by atoms with Crippen LogP contribution < -0.4 is 10.6 Å². The van der Waals surface area contributed by atoms with Crippen molar-refractivity contribution in [1.82, 2.24) is 15.2 Å². The Balaban J connectivity index is 2.13. The quantitative estimate of drug-likeness (QED) is 0.873. The molecule has 1 aromatic carbocycles. The zero-order valence-corrected chi connectivity index (χ0v) is 12.4. The highest BCUT2D eigenvalue weighted by Crippen LogP contribution is 2.20. The molecule has 0 amide bonds. The van der Waals surface area contributed by atoms with Crippen LogP contribution >= 0.6 is 0 Å². The lowest BCUT2D eigenvalue weighted by atomic mass is 10.1. The lowest BCUT2D eigenvalue weighted by molar-refractivity contribution is 0.686. The molecule has 0 fully saturated rings. The van der Waals surface area contributed by atoms with Crippen LogP contribution in [0.15, 0.2) is 24.4 Å². The maximum absolute atomic E-state index is 4.41. The average molecular weight is 271 g/mol. The lowest BCUT2D eigenvalue weighted by Gasteiger charge is -2.11. The third kappa shape index (κ3) is 3.66. The van der Waals surface area contributed by atoms with E-state index in [9.17, 15) is 0 Å². The summed E-state index contributed by atoms with van der Waals surface area (Å²) in [4.78, 5) is 4.41. The van der Waals surface area contributed by atoms with Crippen LogP contribution in [-0.2, 0) is 0 Å². The number of hydrogen-bond donors (Lipinski definition) is 2. The molecule has 0 bridgehead atoms. The molecule has 2 rings (SSSR count). The van der Waals surface area contributed by atoms with E-state index in [2.05, 4.69) is 59.6 Å². The molecule has 5 heteroatoms. The van der Waals surface area contributed by atoms with Gasteiger partial charge in [0.15, 0.2) is 5.82 Å². The van der Waals surface area contributed by atoms with Crippen molar-refractivity contribution in [2.24, 2.45) is 5.92 Å². The summed E-state index contributed by atoms with van der Waals surface area (Å²) in [6, 6.07) is 6.11. The van der Waals surface area contributed by atoms with Crippen LogP contribution in [0, 0.1) is 19.8 Å². The second-order valence-electron chi connectivity index (χ2n) is 5.31. The Morgan fingerprint density at radius 2 is 2.00 bits per heavy atom. The predicted molar refractivity (Wildman–Crippen MR) is 82.4 cm³/mol. The Hall–Kier alpha value is -2.17. The smallest absolute Gasteiger partial charge is 0.249 e. The monoisotopic (exact) mass is 271 g/mol. The van der Waals surface area contributed by atoms with Crippen LogP contribution in [0.2, 0.25) is 0 Å². The molecule has 20 heavy (non-hydrogen) atoms. The molecule has 1 aromatic heterocycles. The van der Waals surface area contributed by atoms with Gasteiger partial charge in [0.25, 0.3) is 0 Å². The third-order valence-corrected chi connectivity index (χ3v) is 3.10. The van der Waals surface area contributed by atoms with Gasteiger partial charge in [-0.15, -0.1) is 5.10 Å². The van der Waals surface area contributed by atoms with E-state index in [1.54, 1.807) is 6.20 Å². The standard InChI is InChI=1S/C15H21N5/c1-10(2)8-16-14-9-17-20-15(19-14)18-13-7-5-6-11(3)12(13)4/h5-7,9-10H,8H2,1-4H3,(H2,16,18,19,20). The molecule has 5 nitrogen and oxygen atoms in total. The molecule has 0 unspecified atom stereocenters. The van der Waals surface area contributed by atoms with E-state index < -0.39 is 0 Å². The maximum atomic E-state index is 4.41. The summed E-state index contributed by atoms with van der Waals surface area (Å²) in [5, 5.41) is 14.5. The number of hydrogen-bond acceptors (Lipinski definition) is 5. The number of rotatable bonds is 5. The molecule has 0 aliphatic carbocycles. The molecule has 2 N–H and O–H groups in total. The lowest BCUT2D eigenvalue weighted by Crippen LogP contribution is -2.11. The highest BCUT2D eigenvalue weighted by Gasteiger charge is 2.05. The van der Waals surface area contributed by atoms with Gasteiger partial charge in [-0.3, -0.25) is 0 Å². The van der Waals surface area contributed by atoms with Crippen molar-refractivity contribution in [2.45, 2.75) is 27.7 Å². The first-order valence-electron chi connectivity index (χ1n) is 6.83. The van der Waals surface area contributed by atoms with E-state index in [1.165, 1.54) is 11.1 Å². The van der Waals surface area contributed by atoms with Crippen LogP contribution in [0.1, 0.15) is 25.0 Å². The number of anilines is 3. The predicted octanol–water partition coefficient (Wildman–Crippen LogP) is 3.30. The van der Waals surface area contributed by atoms with Crippen LogP contribution in [-0.4, -0.2) is 21.7 Å². The largest absolute Gasteiger partial charge is 0.368 e. The van der Waals surface area contributed by atoms with Gasteiger partial charge in [-0.05, 0) is 37.0 Å². The number of nitrogens with one attached hydrogen (secondary N) is 2. The third-order valence-electron chi connectivity index (χ3n) is 3.10. The van der Waals surface area contributed by atoms with Gasteiger partial charge in [0.05, 0.1) is 6.20 Å². The van der Waals surface area contributed by atoms with Gasteiger partial charge < -0.3 is 10.6 Å². The molecule has 2 aromatic rings. The first kappa shape index (κ1) is 14.2. The zero-order chi connectivity index (χ0) is 14.5. The molecule has 0 spiro atoms. The van der Waals surface area contributed by atoms with Gasteiger partial charge in [0.1, 0.15) is 0 Å². The summed E-state index contributed by atoms with van der Waals surface area (Å²) in [5.41, 5.74) is 3.43. The van der Waals surface area contributed by atoms with Gasteiger partial charge in [-0.2, -0.15) is 10.1 Å². The highest BCUT2D eigenvalue weighted by molar-refractivity contribution is 5.60. The molecule has 106 valence electrons. The fourth-order valence-corrected chi connectivity index (χ4v) is 1.76. The van der Waals surface area contributed by atoms with Crippen molar-refractivity contribution in [3.63, 3.8) is 0 Å². The molecular formula is C15H21N5. The summed E-state index contributed by atoms with van der Waals surface area (Å²) in [7, 11) is 0. The number of nitrogens with zero attached hydrogens (tertiary/aromatic N) is 3. The number of aromatic nitrogens is 3. The molecule has 0 saturated heterocycles. The van der Waals surface area contributed by atoms with Crippen molar-refractivity contribution in [1.29, 1.82) is 0 Å². The molecule has 0 aliphatic rings. The number of benzene rings is 1. The van der Waals surface area contributed by atoms with Gasteiger partial charge in [0, 0.05) is 12.2 Å². The maximum Gasteiger partial charge on any atom is 0.249 e. The van der Waals surface area contributed by atoms with Crippen molar-refractivity contribution >= 4 is 17.5 Å². The summed E-state index contributed by atoms with van der Waals surface area (Å²) in [5.74, 6) is 1.80. The Morgan fingerprint density at radius 3 is 2.75 bits per heavy atom. The first-order valence-corrected chi connectivity index (χ1v) is 6.83. The summed E-state index contributed by atoms with van der Waals surface area (Å²) in [6.07, 6.45) is 1.64. The van der Waals surface area contributed by atoms with E-state index in [0.29, 0.717) is 11.9 Å². The van der Waals surface area contributed by atoms with Crippen molar-refractivity contribution in [3.05, 3.63) is 35.5 Å².